The van der Waals surface area contributed by atoms with Gasteiger partial charge < -0.3 is 10.4 Å². The Morgan fingerprint density at radius 1 is 1.10 bits per heavy atom. The summed E-state index contributed by atoms with van der Waals surface area (Å²) in [6.07, 6.45) is 0.185. The summed E-state index contributed by atoms with van der Waals surface area (Å²) in [7, 11) is 0. The quantitative estimate of drug-likeness (QED) is 0.826. The number of halogens is 1. The number of amides is 1. The van der Waals surface area contributed by atoms with Crippen molar-refractivity contribution in [1.82, 2.24) is 5.32 Å². The Morgan fingerprint density at radius 3 is 2.60 bits per heavy atom. The average molecular weight is 334 g/mol. The fraction of sp³-hybridized carbons (Fsp3) is 0.188. The van der Waals surface area contributed by atoms with Crippen LogP contribution in [0.15, 0.2) is 48.5 Å². The van der Waals surface area contributed by atoms with Crippen molar-refractivity contribution < 1.29 is 9.90 Å². The Labute approximate surface area is 126 Å². The Kier molecular flexibility index (Phi) is 5.18. The number of benzene rings is 2. The van der Waals surface area contributed by atoms with Crippen molar-refractivity contribution in [2.45, 2.75) is 18.3 Å². The smallest absolute Gasteiger partial charge is 0.224 e. The molecular formula is C16H16BrNO2. The van der Waals surface area contributed by atoms with Gasteiger partial charge in [-0.3, -0.25) is 4.79 Å². The fourth-order valence-electron chi connectivity index (χ4n) is 1.92. The first kappa shape index (κ1) is 14.6. The van der Waals surface area contributed by atoms with Gasteiger partial charge in [0.05, 0.1) is 6.42 Å². The molecule has 3 nitrogen and oxygen atoms in total. The highest BCUT2D eigenvalue weighted by Crippen LogP contribution is 2.16. The predicted octanol–water partition coefficient (Wildman–Crippen LogP) is 3.15. The zero-order chi connectivity index (χ0) is 14.4. The highest BCUT2D eigenvalue weighted by molar-refractivity contribution is 9.08. The summed E-state index contributed by atoms with van der Waals surface area (Å²) in [4.78, 5) is 11.9. The van der Waals surface area contributed by atoms with Crippen molar-refractivity contribution in [3.8, 4) is 5.75 Å². The van der Waals surface area contributed by atoms with Gasteiger partial charge in [-0.2, -0.15) is 0 Å². The molecule has 0 saturated heterocycles. The van der Waals surface area contributed by atoms with Gasteiger partial charge in [0.25, 0.3) is 0 Å². The number of phenolic OH excluding ortho intramolecular Hbond substituents is 1. The van der Waals surface area contributed by atoms with Crippen LogP contribution in [0.2, 0.25) is 0 Å². The van der Waals surface area contributed by atoms with Crippen LogP contribution in [0.3, 0.4) is 0 Å². The zero-order valence-electron chi connectivity index (χ0n) is 11.0. The maximum Gasteiger partial charge on any atom is 0.224 e. The van der Waals surface area contributed by atoms with E-state index in [1.165, 1.54) is 5.56 Å². The van der Waals surface area contributed by atoms with E-state index in [-0.39, 0.29) is 18.1 Å². The number of nitrogens with one attached hydrogen (secondary N) is 1. The number of aromatic hydroxyl groups is 1. The molecule has 0 aliphatic rings. The normalized spacial score (nSPS) is 10.2. The molecule has 2 N–H and O–H groups in total. The lowest BCUT2D eigenvalue weighted by molar-refractivity contribution is -0.120. The molecule has 2 aromatic carbocycles. The molecule has 0 radical (unpaired) electrons. The van der Waals surface area contributed by atoms with E-state index in [1.54, 1.807) is 18.2 Å². The molecule has 0 bridgehead atoms. The molecule has 0 fully saturated rings. The van der Waals surface area contributed by atoms with E-state index in [9.17, 15) is 9.90 Å². The molecule has 0 atom stereocenters. The highest BCUT2D eigenvalue weighted by atomic mass is 79.9. The number of para-hydroxylation sites is 1. The maximum absolute atomic E-state index is 11.9. The Balaban J connectivity index is 1.90. The highest BCUT2D eigenvalue weighted by Gasteiger charge is 2.06. The second-order valence-electron chi connectivity index (χ2n) is 4.54. The van der Waals surface area contributed by atoms with Crippen molar-refractivity contribution in [2.24, 2.45) is 0 Å². The number of hydrogen-bond donors (Lipinski definition) is 2. The summed E-state index contributed by atoms with van der Waals surface area (Å²) in [5.41, 5.74) is 2.88. The van der Waals surface area contributed by atoms with E-state index in [0.717, 1.165) is 10.9 Å². The largest absolute Gasteiger partial charge is 0.508 e. The molecule has 1 amide bonds. The Morgan fingerprint density at radius 2 is 1.85 bits per heavy atom. The van der Waals surface area contributed by atoms with Crippen LogP contribution in [0.4, 0.5) is 0 Å². The topological polar surface area (TPSA) is 49.3 Å². The first-order valence-corrected chi connectivity index (χ1v) is 7.48. The summed E-state index contributed by atoms with van der Waals surface area (Å²) >= 11 is 3.41. The minimum Gasteiger partial charge on any atom is -0.508 e. The number of rotatable bonds is 5. The molecule has 0 aliphatic carbocycles. The zero-order valence-corrected chi connectivity index (χ0v) is 12.6. The van der Waals surface area contributed by atoms with Gasteiger partial charge in [0.1, 0.15) is 5.75 Å². The van der Waals surface area contributed by atoms with Gasteiger partial charge in [0, 0.05) is 17.4 Å². The molecule has 0 unspecified atom stereocenters. The van der Waals surface area contributed by atoms with Crippen molar-refractivity contribution in [1.29, 1.82) is 0 Å². The Bertz CT molecular complexity index is 599. The lowest BCUT2D eigenvalue weighted by Gasteiger charge is -2.07. The molecule has 0 heterocycles. The molecule has 0 aliphatic heterocycles. The van der Waals surface area contributed by atoms with Crippen LogP contribution in [-0.2, 0) is 23.1 Å². The van der Waals surface area contributed by atoms with Gasteiger partial charge in [-0.15, -0.1) is 0 Å². The van der Waals surface area contributed by atoms with E-state index in [1.807, 2.05) is 24.3 Å². The van der Waals surface area contributed by atoms with Crippen LogP contribution in [0.1, 0.15) is 16.7 Å². The lowest BCUT2D eigenvalue weighted by Crippen LogP contribution is -2.24. The number of hydrogen-bond acceptors (Lipinski definition) is 2. The van der Waals surface area contributed by atoms with Crippen molar-refractivity contribution >= 4 is 21.8 Å². The van der Waals surface area contributed by atoms with Crippen molar-refractivity contribution in [2.75, 3.05) is 0 Å². The molecule has 2 aromatic rings. The minimum absolute atomic E-state index is 0.101. The summed E-state index contributed by atoms with van der Waals surface area (Å²) in [5, 5.41) is 13.3. The SMILES string of the molecule is O=C(Cc1ccccc1O)NCc1cccc(CBr)c1. The minimum atomic E-state index is -0.101. The predicted molar refractivity (Wildman–Crippen MR) is 82.7 cm³/mol. The standard InChI is InChI=1S/C16H16BrNO2/c17-10-12-4-3-5-13(8-12)11-18-16(20)9-14-6-1-2-7-15(14)19/h1-8,19H,9-11H2,(H,18,20). The monoisotopic (exact) mass is 333 g/mol. The molecule has 4 heteroatoms. The van der Waals surface area contributed by atoms with E-state index >= 15 is 0 Å². The van der Waals surface area contributed by atoms with Crippen LogP contribution in [0.25, 0.3) is 0 Å². The molecule has 2 rings (SSSR count). The van der Waals surface area contributed by atoms with E-state index in [0.29, 0.717) is 12.1 Å². The number of carbonyl (C=O) groups excluding carboxylic acids is 1. The van der Waals surface area contributed by atoms with Crippen LogP contribution in [0, 0.1) is 0 Å². The van der Waals surface area contributed by atoms with Crippen LogP contribution >= 0.6 is 15.9 Å². The van der Waals surface area contributed by atoms with Gasteiger partial charge in [0.15, 0.2) is 0 Å². The number of carbonyl (C=O) groups is 1. The first-order chi connectivity index (χ1) is 9.69. The second kappa shape index (κ2) is 7.10. The van der Waals surface area contributed by atoms with E-state index in [2.05, 4.69) is 27.3 Å². The maximum atomic E-state index is 11.9. The Hall–Kier alpha value is -1.81. The van der Waals surface area contributed by atoms with Gasteiger partial charge >= 0.3 is 0 Å². The average Bonchev–Trinajstić information content (AvgIpc) is 2.48. The molecule has 20 heavy (non-hydrogen) atoms. The van der Waals surface area contributed by atoms with E-state index in [4.69, 9.17) is 0 Å². The summed E-state index contributed by atoms with van der Waals surface area (Å²) in [6, 6.07) is 14.9. The van der Waals surface area contributed by atoms with Gasteiger partial charge in [-0.05, 0) is 17.2 Å². The first-order valence-electron chi connectivity index (χ1n) is 6.36. The van der Waals surface area contributed by atoms with E-state index < -0.39 is 0 Å². The number of alkyl halides is 1. The second-order valence-corrected chi connectivity index (χ2v) is 5.10. The van der Waals surface area contributed by atoms with Crippen molar-refractivity contribution in [3.63, 3.8) is 0 Å². The third-order valence-electron chi connectivity index (χ3n) is 2.98. The van der Waals surface area contributed by atoms with Crippen LogP contribution in [-0.4, -0.2) is 11.0 Å². The summed E-state index contributed by atoms with van der Waals surface area (Å²) in [5.74, 6) is 0.0553. The summed E-state index contributed by atoms with van der Waals surface area (Å²) < 4.78 is 0. The van der Waals surface area contributed by atoms with Gasteiger partial charge in [0.2, 0.25) is 5.91 Å². The third-order valence-corrected chi connectivity index (χ3v) is 3.63. The lowest BCUT2D eigenvalue weighted by atomic mass is 10.1. The molecule has 0 saturated carbocycles. The molecule has 0 aromatic heterocycles. The molecular weight excluding hydrogens is 318 g/mol. The third kappa shape index (κ3) is 4.10. The van der Waals surface area contributed by atoms with Gasteiger partial charge in [-0.1, -0.05) is 58.4 Å². The summed E-state index contributed by atoms with van der Waals surface area (Å²) in [6.45, 7) is 0.493. The van der Waals surface area contributed by atoms with Crippen molar-refractivity contribution in [3.05, 3.63) is 65.2 Å². The fourth-order valence-corrected chi connectivity index (χ4v) is 2.27. The molecule has 104 valence electrons. The van der Waals surface area contributed by atoms with Gasteiger partial charge in [-0.25, -0.2) is 0 Å². The molecule has 0 spiro atoms. The van der Waals surface area contributed by atoms with Crippen LogP contribution in [0.5, 0.6) is 5.75 Å². The van der Waals surface area contributed by atoms with Crippen LogP contribution < -0.4 is 5.32 Å². The number of phenols is 1.